The highest BCUT2D eigenvalue weighted by atomic mass is 16.3. The predicted octanol–water partition coefficient (Wildman–Crippen LogP) is 1.49. The third-order valence-corrected chi connectivity index (χ3v) is 2.08. The number of aliphatic hydroxyl groups excluding tert-OH is 1. The summed E-state index contributed by atoms with van der Waals surface area (Å²) in [5.41, 5.74) is 1.71. The van der Waals surface area contributed by atoms with Gasteiger partial charge in [0, 0.05) is 24.5 Å². The molecule has 0 fully saturated rings. The van der Waals surface area contributed by atoms with Crippen LogP contribution in [0.1, 0.15) is 25.3 Å². The second-order valence-electron chi connectivity index (χ2n) is 3.63. The smallest absolute Gasteiger partial charge is 0.224 e. The lowest BCUT2D eigenvalue weighted by atomic mass is 10.2. The van der Waals surface area contributed by atoms with Gasteiger partial charge in [-0.2, -0.15) is 0 Å². The minimum absolute atomic E-state index is 0.0785. The molecule has 15 heavy (non-hydrogen) atoms. The Kier molecular flexibility index (Phi) is 4.24. The Labute approximate surface area is 89.3 Å². The van der Waals surface area contributed by atoms with Gasteiger partial charge < -0.3 is 10.4 Å². The van der Waals surface area contributed by atoms with Crippen LogP contribution in [0.25, 0.3) is 0 Å². The molecular weight excluding hydrogens is 192 g/mol. The van der Waals surface area contributed by atoms with E-state index in [9.17, 15) is 4.79 Å². The van der Waals surface area contributed by atoms with Gasteiger partial charge in [0.25, 0.3) is 0 Å². The van der Waals surface area contributed by atoms with E-state index in [0.717, 1.165) is 11.3 Å². The fraction of sp³-hybridized carbons (Fsp3) is 0.455. The number of rotatable bonds is 4. The first-order valence-corrected chi connectivity index (χ1v) is 4.98. The highest BCUT2D eigenvalue weighted by molar-refractivity contribution is 5.91. The number of hydrogen-bond donors (Lipinski definition) is 2. The lowest BCUT2D eigenvalue weighted by Gasteiger charge is -2.08. The first-order chi connectivity index (χ1) is 7.09. The normalized spacial score (nSPS) is 12.2. The molecular formula is C11H16N2O2. The van der Waals surface area contributed by atoms with Crippen LogP contribution >= 0.6 is 0 Å². The largest absolute Gasteiger partial charge is 0.393 e. The highest BCUT2D eigenvalue weighted by Crippen LogP contribution is 2.12. The van der Waals surface area contributed by atoms with Crippen molar-refractivity contribution in [1.29, 1.82) is 0 Å². The van der Waals surface area contributed by atoms with Crippen molar-refractivity contribution in [1.82, 2.24) is 4.98 Å². The van der Waals surface area contributed by atoms with Crippen molar-refractivity contribution in [2.45, 2.75) is 32.8 Å². The fourth-order valence-electron chi connectivity index (χ4n) is 1.17. The summed E-state index contributed by atoms with van der Waals surface area (Å²) >= 11 is 0. The van der Waals surface area contributed by atoms with Gasteiger partial charge in [-0.25, -0.2) is 0 Å². The molecule has 1 amide bonds. The number of carbonyl (C=O) groups excluding carboxylic acids is 1. The molecule has 2 N–H and O–H groups in total. The van der Waals surface area contributed by atoms with Crippen LogP contribution in [0, 0.1) is 6.92 Å². The number of amides is 1. The standard InChI is InChI=1S/C11H16N2O2/c1-8-7-12-6-5-10(8)13-11(15)4-3-9(2)14/h5-7,9,14H,3-4H2,1-2H3,(H,12,13,15). The summed E-state index contributed by atoms with van der Waals surface area (Å²) in [6.45, 7) is 3.56. The quantitative estimate of drug-likeness (QED) is 0.788. The van der Waals surface area contributed by atoms with Crippen LogP contribution in [0.5, 0.6) is 0 Å². The Morgan fingerprint density at radius 2 is 2.40 bits per heavy atom. The maximum Gasteiger partial charge on any atom is 0.224 e. The van der Waals surface area contributed by atoms with Gasteiger partial charge in [0.2, 0.25) is 5.91 Å². The number of nitrogens with one attached hydrogen (secondary N) is 1. The second kappa shape index (κ2) is 5.46. The van der Waals surface area contributed by atoms with E-state index in [4.69, 9.17) is 5.11 Å². The van der Waals surface area contributed by atoms with Gasteiger partial charge in [-0.15, -0.1) is 0 Å². The molecule has 1 rings (SSSR count). The zero-order chi connectivity index (χ0) is 11.3. The number of carbonyl (C=O) groups is 1. The first-order valence-electron chi connectivity index (χ1n) is 4.98. The van der Waals surface area contributed by atoms with Gasteiger partial charge in [-0.1, -0.05) is 0 Å². The van der Waals surface area contributed by atoms with E-state index in [-0.39, 0.29) is 5.91 Å². The van der Waals surface area contributed by atoms with Crippen molar-refractivity contribution in [2.24, 2.45) is 0 Å². The number of nitrogens with zero attached hydrogens (tertiary/aromatic N) is 1. The van der Waals surface area contributed by atoms with E-state index in [1.54, 1.807) is 25.4 Å². The third-order valence-electron chi connectivity index (χ3n) is 2.08. The number of aliphatic hydroxyl groups is 1. The van der Waals surface area contributed by atoms with Crippen LogP contribution in [0.4, 0.5) is 5.69 Å². The molecule has 4 heteroatoms. The molecule has 0 saturated heterocycles. The minimum Gasteiger partial charge on any atom is -0.393 e. The molecule has 0 aliphatic carbocycles. The van der Waals surface area contributed by atoms with Crippen molar-refractivity contribution in [3.05, 3.63) is 24.0 Å². The molecule has 0 saturated carbocycles. The lowest BCUT2D eigenvalue weighted by Crippen LogP contribution is -2.14. The molecule has 82 valence electrons. The molecule has 0 bridgehead atoms. The molecule has 1 heterocycles. The summed E-state index contributed by atoms with van der Waals surface area (Å²) < 4.78 is 0. The lowest BCUT2D eigenvalue weighted by molar-refractivity contribution is -0.116. The van der Waals surface area contributed by atoms with E-state index in [2.05, 4.69) is 10.3 Å². The molecule has 0 aliphatic rings. The second-order valence-corrected chi connectivity index (χ2v) is 3.63. The molecule has 1 aromatic rings. The van der Waals surface area contributed by atoms with Crippen molar-refractivity contribution in [3.63, 3.8) is 0 Å². The molecule has 0 spiro atoms. The summed E-state index contributed by atoms with van der Waals surface area (Å²) in [6.07, 6.45) is 3.71. The Bertz CT molecular complexity index is 337. The topological polar surface area (TPSA) is 62.2 Å². The molecule has 1 unspecified atom stereocenters. The first kappa shape index (κ1) is 11.7. The Balaban J connectivity index is 2.48. The molecule has 0 aliphatic heterocycles. The Hall–Kier alpha value is -1.42. The third kappa shape index (κ3) is 4.08. The number of anilines is 1. The molecule has 1 aromatic heterocycles. The van der Waals surface area contributed by atoms with Crippen LogP contribution in [0.3, 0.4) is 0 Å². The van der Waals surface area contributed by atoms with E-state index in [1.165, 1.54) is 0 Å². The number of aromatic nitrogens is 1. The molecule has 0 radical (unpaired) electrons. The van der Waals surface area contributed by atoms with Gasteiger partial charge in [-0.3, -0.25) is 9.78 Å². The average molecular weight is 208 g/mol. The maximum absolute atomic E-state index is 11.4. The predicted molar refractivity (Wildman–Crippen MR) is 58.5 cm³/mol. The maximum atomic E-state index is 11.4. The van der Waals surface area contributed by atoms with E-state index in [1.807, 2.05) is 6.92 Å². The van der Waals surface area contributed by atoms with E-state index >= 15 is 0 Å². The summed E-state index contributed by atoms with van der Waals surface area (Å²) in [4.78, 5) is 15.4. The van der Waals surface area contributed by atoms with Crippen LogP contribution < -0.4 is 5.32 Å². The van der Waals surface area contributed by atoms with Crippen LogP contribution in [0.15, 0.2) is 18.5 Å². The SMILES string of the molecule is Cc1cnccc1NC(=O)CCC(C)O. The molecule has 4 nitrogen and oxygen atoms in total. The Morgan fingerprint density at radius 3 is 3.00 bits per heavy atom. The summed E-state index contributed by atoms with van der Waals surface area (Å²) in [7, 11) is 0. The van der Waals surface area contributed by atoms with Crippen molar-refractivity contribution in [3.8, 4) is 0 Å². The number of aryl methyl sites for hydroxylation is 1. The van der Waals surface area contributed by atoms with Crippen LogP contribution in [0.2, 0.25) is 0 Å². The highest BCUT2D eigenvalue weighted by Gasteiger charge is 2.05. The zero-order valence-electron chi connectivity index (χ0n) is 9.03. The van der Waals surface area contributed by atoms with Crippen molar-refractivity contribution in [2.75, 3.05) is 5.32 Å². The average Bonchev–Trinajstić information content (AvgIpc) is 2.18. The van der Waals surface area contributed by atoms with Gasteiger partial charge in [0.15, 0.2) is 0 Å². The van der Waals surface area contributed by atoms with Crippen LogP contribution in [-0.4, -0.2) is 22.1 Å². The molecule has 0 aromatic carbocycles. The number of hydrogen-bond acceptors (Lipinski definition) is 3. The minimum atomic E-state index is -0.436. The van der Waals surface area contributed by atoms with Gasteiger partial charge in [0.05, 0.1) is 6.10 Å². The monoisotopic (exact) mass is 208 g/mol. The van der Waals surface area contributed by atoms with Crippen LogP contribution in [-0.2, 0) is 4.79 Å². The Morgan fingerprint density at radius 1 is 1.67 bits per heavy atom. The van der Waals surface area contributed by atoms with Gasteiger partial charge >= 0.3 is 0 Å². The number of pyridine rings is 1. The van der Waals surface area contributed by atoms with Gasteiger partial charge in [0.1, 0.15) is 0 Å². The van der Waals surface area contributed by atoms with E-state index in [0.29, 0.717) is 12.8 Å². The fourth-order valence-corrected chi connectivity index (χ4v) is 1.17. The van der Waals surface area contributed by atoms with E-state index < -0.39 is 6.10 Å². The summed E-state index contributed by atoms with van der Waals surface area (Å²) in [5, 5.41) is 11.8. The zero-order valence-corrected chi connectivity index (χ0v) is 9.03. The van der Waals surface area contributed by atoms with Gasteiger partial charge in [-0.05, 0) is 31.9 Å². The van der Waals surface area contributed by atoms with Crippen molar-refractivity contribution >= 4 is 11.6 Å². The summed E-state index contributed by atoms with van der Waals surface area (Å²) in [6, 6.07) is 1.76. The molecule has 1 atom stereocenters. The summed E-state index contributed by atoms with van der Waals surface area (Å²) in [5.74, 6) is -0.0785. The van der Waals surface area contributed by atoms with Crippen molar-refractivity contribution < 1.29 is 9.90 Å².